The van der Waals surface area contributed by atoms with E-state index in [4.69, 9.17) is 12.2 Å². The molecule has 0 spiro atoms. The molecule has 0 heterocycles. The highest BCUT2D eigenvalue weighted by atomic mass is 32.1. The fourth-order valence-corrected chi connectivity index (χ4v) is 0.411. The van der Waals surface area contributed by atoms with Crippen LogP contribution in [0, 0.1) is 0 Å². The average molecular weight is 143 g/mol. The predicted molar refractivity (Wildman–Crippen MR) is 45.7 cm³/mol. The molecule has 0 fully saturated rings. The summed E-state index contributed by atoms with van der Waals surface area (Å²) in [5.41, 5.74) is 0. The van der Waals surface area contributed by atoms with E-state index >= 15 is 0 Å². The molecule has 0 unspecified atom stereocenters. The Balaban J connectivity index is 3.57. The summed E-state index contributed by atoms with van der Waals surface area (Å²) in [6.07, 6.45) is 4.88. The summed E-state index contributed by atoms with van der Waals surface area (Å²) < 4.78 is 0. The molecule has 0 saturated heterocycles. The monoisotopic (exact) mass is 143 g/mol. The molecule has 0 radical (unpaired) electrons. The Morgan fingerprint density at radius 3 is 2.44 bits per heavy atom. The van der Waals surface area contributed by atoms with Gasteiger partial charge < -0.3 is 4.90 Å². The molecular weight excluding hydrogens is 130 g/mol. The zero-order valence-electron chi connectivity index (χ0n) is 6.22. The molecule has 0 bridgehead atoms. The molecule has 0 aromatic rings. The van der Waals surface area contributed by atoms with Crippen LogP contribution in [-0.2, 0) is 0 Å². The molecule has 0 atom stereocenters. The first-order chi connectivity index (χ1) is 4.16. The van der Waals surface area contributed by atoms with Gasteiger partial charge in [-0.3, -0.25) is 0 Å². The summed E-state index contributed by atoms with van der Waals surface area (Å²) in [6.45, 7) is 2.06. The van der Waals surface area contributed by atoms with Gasteiger partial charge in [0.1, 0.15) is 0 Å². The van der Waals surface area contributed by atoms with E-state index in [2.05, 4.69) is 6.92 Å². The lowest BCUT2D eigenvalue weighted by Gasteiger charge is -2.02. The smallest absolute Gasteiger partial charge is 0.0163 e. The first-order valence-corrected chi connectivity index (χ1v) is 3.45. The molecule has 0 aliphatic heterocycles. The van der Waals surface area contributed by atoms with Gasteiger partial charge in [0.25, 0.3) is 0 Å². The first-order valence-electron chi connectivity index (χ1n) is 3.04. The number of allylic oxidation sites excluding steroid dienone is 1. The van der Waals surface area contributed by atoms with Crippen molar-refractivity contribution in [2.24, 2.45) is 0 Å². The summed E-state index contributed by atoms with van der Waals surface area (Å²) >= 11 is 4.96. The summed E-state index contributed by atoms with van der Waals surface area (Å²) in [7, 11) is 3.96. The average Bonchev–Trinajstić information content (AvgIpc) is 1.83. The molecule has 0 N–H and O–H groups in total. The number of hydrogen-bond donors (Lipinski definition) is 0. The third-order valence-electron chi connectivity index (χ3n) is 0.907. The Kier molecular flexibility index (Phi) is 4.32. The second kappa shape index (κ2) is 4.50. The van der Waals surface area contributed by atoms with Gasteiger partial charge in [0.2, 0.25) is 0 Å². The molecule has 0 rings (SSSR count). The van der Waals surface area contributed by atoms with Gasteiger partial charge in [-0.05, 0) is 18.7 Å². The number of thiocarbonyl (C=S) groups is 1. The molecule has 1 nitrogen and oxygen atoms in total. The van der Waals surface area contributed by atoms with E-state index in [0.29, 0.717) is 0 Å². The molecule has 0 aromatic carbocycles. The van der Waals surface area contributed by atoms with Crippen molar-refractivity contribution in [3.05, 3.63) is 12.3 Å². The lowest BCUT2D eigenvalue weighted by molar-refractivity contribution is 0.564. The third-order valence-corrected chi connectivity index (χ3v) is 1.33. The van der Waals surface area contributed by atoms with Crippen LogP contribution in [0.4, 0.5) is 0 Å². The quantitative estimate of drug-likeness (QED) is 0.438. The van der Waals surface area contributed by atoms with Gasteiger partial charge in [-0.1, -0.05) is 19.1 Å². The van der Waals surface area contributed by atoms with E-state index in [1.807, 2.05) is 31.3 Å². The van der Waals surface area contributed by atoms with Crippen LogP contribution in [0.25, 0.3) is 0 Å². The Morgan fingerprint density at radius 1 is 1.56 bits per heavy atom. The van der Waals surface area contributed by atoms with Crippen molar-refractivity contribution in [2.45, 2.75) is 13.3 Å². The molecule has 0 aliphatic rings. The second-order valence-corrected chi connectivity index (χ2v) is 2.62. The molecule has 0 amide bonds. The molecule has 2 heteroatoms. The zero-order chi connectivity index (χ0) is 7.28. The predicted octanol–water partition coefficient (Wildman–Crippen LogP) is 1.84. The van der Waals surface area contributed by atoms with Gasteiger partial charge in [0.15, 0.2) is 0 Å². The van der Waals surface area contributed by atoms with E-state index in [1.54, 1.807) is 0 Å². The van der Waals surface area contributed by atoms with Crippen LogP contribution in [0.5, 0.6) is 0 Å². The van der Waals surface area contributed by atoms with Crippen LogP contribution < -0.4 is 0 Å². The van der Waals surface area contributed by atoms with Crippen molar-refractivity contribution in [3.8, 4) is 0 Å². The fraction of sp³-hybridized carbons (Fsp3) is 0.571. The minimum atomic E-state index is 0.958. The van der Waals surface area contributed by atoms with Gasteiger partial charge in [0, 0.05) is 19.0 Å². The summed E-state index contributed by atoms with van der Waals surface area (Å²) in [5, 5.41) is 0. The minimum absolute atomic E-state index is 0.958. The maximum atomic E-state index is 4.96. The van der Waals surface area contributed by atoms with Gasteiger partial charge in [0.05, 0.1) is 0 Å². The van der Waals surface area contributed by atoms with E-state index in [0.717, 1.165) is 11.3 Å². The minimum Gasteiger partial charge on any atom is -0.383 e. The van der Waals surface area contributed by atoms with E-state index < -0.39 is 0 Å². The van der Waals surface area contributed by atoms with E-state index in [1.165, 1.54) is 0 Å². The fourth-order valence-electron chi connectivity index (χ4n) is 0.350. The summed E-state index contributed by atoms with van der Waals surface area (Å²) in [4.78, 5) is 2.98. The molecule has 52 valence electrons. The topological polar surface area (TPSA) is 3.24 Å². The van der Waals surface area contributed by atoms with Crippen LogP contribution in [0.2, 0.25) is 0 Å². The first kappa shape index (κ1) is 8.63. The number of nitrogens with zero attached hydrogens (tertiary/aromatic N) is 1. The number of hydrogen-bond acceptors (Lipinski definition) is 2. The van der Waals surface area contributed by atoms with Gasteiger partial charge in [-0.25, -0.2) is 0 Å². The van der Waals surface area contributed by atoms with Crippen molar-refractivity contribution in [2.75, 3.05) is 14.1 Å². The largest absolute Gasteiger partial charge is 0.383 e. The Hall–Kier alpha value is -0.370. The second-order valence-electron chi connectivity index (χ2n) is 2.10. The normalized spacial score (nSPS) is 10.1. The van der Waals surface area contributed by atoms with Gasteiger partial charge >= 0.3 is 0 Å². The molecule has 0 aromatic heterocycles. The van der Waals surface area contributed by atoms with Crippen molar-refractivity contribution in [1.29, 1.82) is 0 Å². The lowest BCUT2D eigenvalue weighted by atomic mass is 10.3. The highest BCUT2D eigenvalue weighted by Gasteiger charge is 1.82. The van der Waals surface area contributed by atoms with Crippen LogP contribution >= 0.6 is 12.2 Å². The van der Waals surface area contributed by atoms with Crippen LogP contribution in [-0.4, -0.2) is 23.9 Å². The SMILES string of the molecule is CCC(=S)/C=C/N(C)C. The van der Waals surface area contributed by atoms with Crippen molar-refractivity contribution < 1.29 is 0 Å². The van der Waals surface area contributed by atoms with Crippen molar-refractivity contribution in [1.82, 2.24) is 4.90 Å². The zero-order valence-corrected chi connectivity index (χ0v) is 7.03. The van der Waals surface area contributed by atoms with Gasteiger partial charge in [-0.15, -0.1) is 0 Å². The highest BCUT2D eigenvalue weighted by Crippen LogP contribution is 1.87. The summed E-state index contributed by atoms with van der Waals surface area (Å²) in [6, 6.07) is 0. The van der Waals surface area contributed by atoms with Crippen molar-refractivity contribution >= 4 is 17.1 Å². The van der Waals surface area contributed by atoms with E-state index in [-0.39, 0.29) is 0 Å². The molecule has 0 saturated carbocycles. The Bertz CT molecular complexity index is 116. The van der Waals surface area contributed by atoms with Crippen LogP contribution in [0.15, 0.2) is 12.3 Å². The Labute approximate surface area is 62.4 Å². The van der Waals surface area contributed by atoms with E-state index in [9.17, 15) is 0 Å². The van der Waals surface area contributed by atoms with Crippen molar-refractivity contribution in [3.63, 3.8) is 0 Å². The molecule has 0 aliphatic carbocycles. The maximum absolute atomic E-state index is 4.96. The number of rotatable bonds is 3. The van der Waals surface area contributed by atoms with Crippen LogP contribution in [0.3, 0.4) is 0 Å². The molecular formula is C7H13NS. The third kappa shape index (κ3) is 5.50. The van der Waals surface area contributed by atoms with Crippen LogP contribution in [0.1, 0.15) is 13.3 Å². The molecule has 9 heavy (non-hydrogen) atoms. The Morgan fingerprint density at radius 2 is 2.11 bits per heavy atom. The standard InChI is InChI=1S/C7H13NS/c1-4-7(9)5-6-8(2)3/h5-6H,4H2,1-3H3/b6-5+. The van der Waals surface area contributed by atoms with Gasteiger partial charge in [-0.2, -0.15) is 0 Å². The summed E-state index contributed by atoms with van der Waals surface area (Å²) in [5.74, 6) is 0. The maximum Gasteiger partial charge on any atom is 0.0163 e. The highest BCUT2D eigenvalue weighted by molar-refractivity contribution is 7.80. The lowest BCUT2D eigenvalue weighted by Crippen LogP contribution is -2.01.